The van der Waals surface area contributed by atoms with Crippen molar-refractivity contribution in [2.24, 2.45) is 0 Å². The second-order valence-electron chi connectivity index (χ2n) is 8.43. The van der Waals surface area contributed by atoms with E-state index in [1.165, 1.54) is 47.4 Å². The fraction of sp³-hybridized carbons (Fsp3) is 0.360. The molecule has 2 heterocycles. The largest absolute Gasteiger partial charge is 0.454 e. The van der Waals surface area contributed by atoms with Crippen LogP contribution in [0.3, 0.4) is 0 Å². The van der Waals surface area contributed by atoms with Gasteiger partial charge in [-0.05, 0) is 49.0 Å². The maximum absolute atomic E-state index is 13.0. The number of carbonyl (C=O) groups excluding carboxylic acids is 4. The van der Waals surface area contributed by atoms with Crippen LogP contribution in [0.25, 0.3) is 0 Å². The number of imide groups is 1. The molecule has 2 aliphatic rings. The first-order valence-corrected chi connectivity index (χ1v) is 12.1. The molecule has 0 bridgehead atoms. The summed E-state index contributed by atoms with van der Waals surface area (Å²) >= 11 is 11.9. The Bertz CT molecular complexity index is 1150. The summed E-state index contributed by atoms with van der Waals surface area (Å²) in [4.78, 5) is 56.0. The van der Waals surface area contributed by atoms with Crippen molar-refractivity contribution >= 4 is 52.5 Å². The molecule has 0 radical (unpaired) electrons. The third-order valence-electron chi connectivity index (χ3n) is 6.34. The second-order valence-corrected chi connectivity index (χ2v) is 9.27. The van der Waals surface area contributed by atoms with Gasteiger partial charge in [-0.1, -0.05) is 30.1 Å². The van der Waals surface area contributed by atoms with E-state index >= 15 is 0 Å². The average molecular weight is 518 g/mol. The minimum absolute atomic E-state index is 0.143. The summed E-state index contributed by atoms with van der Waals surface area (Å²) in [6.07, 6.45) is 0.143. The molecule has 2 amide bonds. The molecule has 0 N–H and O–H groups in total. The first-order chi connectivity index (χ1) is 16.8. The minimum atomic E-state index is -0.708. The maximum atomic E-state index is 13.0. The number of rotatable bonds is 7. The van der Waals surface area contributed by atoms with Crippen molar-refractivity contribution < 1.29 is 23.9 Å². The quantitative estimate of drug-likeness (QED) is 0.316. The van der Waals surface area contributed by atoms with Crippen LogP contribution in [0, 0.1) is 0 Å². The molecule has 0 aromatic heterocycles. The molecule has 2 aromatic rings. The summed E-state index contributed by atoms with van der Waals surface area (Å²) in [5.74, 6) is -1.68. The van der Waals surface area contributed by atoms with Gasteiger partial charge in [-0.25, -0.2) is 9.69 Å². The van der Waals surface area contributed by atoms with Gasteiger partial charge in [0.1, 0.15) is 0 Å². The topological polar surface area (TPSA) is 87.2 Å². The third kappa shape index (κ3) is 5.56. The smallest absolute Gasteiger partial charge is 0.338 e. The molecule has 0 aliphatic carbocycles. The lowest BCUT2D eigenvalue weighted by Crippen LogP contribution is -2.52. The standard InChI is InChI=1S/C25H25Cl2N3O5/c1-2-28-9-11-29(12-10-28)21-14-23(32)30(24(21)33)18-6-3-16(4-7-18)25(34)35-15-22(31)19-8-5-17(26)13-20(19)27/h3-8,13,21H,2,9-12,14-15H2,1H3. The van der Waals surface area contributed by atoms with Crippen LogP contribution in [0.15, 0.2) is 42.5 Å². The predicted octanol–water partition coefficient (Wildman–Crippen LogP) is 3.30. The van der Waals surface area contributed by atoms with Crippen LogP contribution in [-0.2, 0) is 14.3 Å². The molecule has 35 heavy (non-hydrogen) atoms. The van der Waals surface area contributed by atoms with E-state index in [-0.39, 0.29) is 34.4 Å². The molecule has 1 unspecified atom stereocenters. The number of benzene rings is 2. The number of carbonyl (C=O) groups is 4. The van der Waals surface area contributed by atoms with Crippen LogP contribution in [0.2, 0.25) is 10.0 Å². The highest BCUT2D eigenvalue weighted by Crippen LogP contribution is 2.27. The number of nitrogens with zero attached hydrogens (tertiary/aromatic N) is 3. The van der Waals surface area contributed by atoms with Crippen molar-refractivity contribution in [3.05, 3.63) is 63.6 Å². The SMILES string of the molecule is CCN1CCN(C2CC(=O)N(c3ccc(C(=O)OCC(=O)c4ccc(Cl)cc4Cl)cc3)C2=O)CC1. The molecule has 0 saturated carbocycles. The molecule has 2 fully saturated rings. The van der Waals surface area contributed by atoms with Crippen LogP contribution in [0.1, 0.15) is 34.1 Å². The summed E-state index contributed by atoms with van der Waals surface area (Å²) in [5.41, 5.74) is 0.793. The molecular weight excluding hydrogens is 493 g/mol. The zero-order valence-electron chi connectivity index (χ0n) is 19.2. The normalized spacial score (nSPS) is 19.3. The highest BCUT2D eigenvalue weighted by molar-refractivity contribution is 6.36. The fourth-order valence-corrected chi connectivity index (χ4v) is 4.83. The number of hydrogen-bond acceptors (Lipinski definition) is 7. The molecule has 10 heteroatoms. The first kappa shape index (κ1) is 25.3. The zero-order valence-corrected chi connectivity index (χ0v) is 20.7. The summed E-state index contributed by atoms with van der Waals surface area (Å²) in [5, 5.41) is 0.567. The van der Waals surface area contributed by atoms with E-state index in [9.17, 15) is 19.2 Å². The number of ether oxygens (including phenoxy) is 1. The Morgan fingerprint density at radius 1 is 1.00 bits per heavy atom. The van der Waals surface area contributed by atoms with Gasteiger partial charge < -0.3 is 9.64 Å². The van der Waals surface area contributed by atoms with Crippen molar-refractivity contribution in [2.75, 3.05) is 44.2 Å². The number of ketones is 1. The Morgan fingerprint density at radius 2 is 1.69 bits per heavy atom. The second kappa shape index (κ2) is 10.9. The van der Waals surface area contributed by atoms with Gasteiger partial charge in [0, 0.05) is 36.8 Å². The maximum Gasteiger partial charge on any atom is 0.338 e. The molecular formula is C25H25Cl2N3O5. The highest BCUT2D eigenvalue weighted by Gasteiger charge is 2.43. The van der Waals surface area contributed by atoms with Gasteiger partial charge in [-0.2, -0.15) is 0 Å². The van der Waals surface area contributed by atoms with Crippen molar-refractivity contribution in [3.63, 3.8) is 0 Å². The lowest BCUT2D eigenvalue weighted by molar-refractivity contribution is -0.123. The van der Waals surface area contributed by atoms with Gasteiger partial charge in [-0.3, -0.25) is 19.3 Å². The van der Waals surface area contributed by atoms with Crippen LogP contribution >= 0.6 is 23.2 Å². The van der Waals surface area contributed by atoms with Gasteiger partial charge in [0.25, 0.3) is 5.91 Å². The molecule has 2 saturated heterocycles. The number of hydrogen-bond donors (Lipinski definition) is 0. The van der Waals surface area contributed by atoms with Crippen LogP contribution in [0.4, 0.5) is 5.69 Å². The lowest BCUT2D eigenvalue weighted by Gasteiger charge is -2.36. The number of esters is 1. The van der Waals surface area contributed by atoms with Crippen LogP contribution in [-0.4, -0.2) is 78.7 Å². The van der Waals surface area contributed by atoms with E-state index in [1.807, 2.05) is 0 Å². The Balaban J connectivity index is 1.36. The van der Waals surface area contributed by atoms with Crippen LogP contribution < -0.4 is 4.90 Å². The number of anilines is 1. The van der Waals surface area contributed by atoms with Gasteiger partial charge in [-0.15, -0.1) is 0 Å². The van der Waals surface area contributed by atoms with Crippen molar-refractivity contribution in [1.82, 2.24) is 9.80 Å². The van der Waals surface area contributed by atoms with E-state index in [1.54, 1.807) is 0 Å². The van der Waals surface area contributed by atoms with Gasteiger partial charge >= 0.3 is 5.97 Å². The van der Waals surface area contributed by atoms with Crippen molar-refractivity contribution in [2.45, 2.75) is 19.4 Å². The summed E-state index contributed by atoms with van der Waals surface area (Å²) in [6, 6.07) is 9.96. The monoisotopic (exact) mass is 517 g/mol. The van der Waals surface area contributed by atoms with E-state index < -0.39 is 24.4 Å². The molecule has 184 valence electrons. The van der Waals surface area contributed by atoms with Gasteiger partial charge in [0.05, 0.1) is 28.7 Å². The average Bonchev–Trinajstić information content (AvgIpc) is 3.16. The molecule has 1 atom stereocenters. The zero-order chi connectivity index (χ0) is 25.1. The van der Waals surface area contributed by atoms with Crippen molar-refractivity contribution in [3.8, 4) is 0 Å². The Labute approximate surface area is 213 Å². The first-order valence-electron chi connectivity index (χ1n) is 11.4. The van der Waals surface area contributed by atoms with Crippen LogP contribution in [0.5, 0.6) is 0 Å². The van der Waals surface area contributed by atoms with Crippen molar-refractivity contribution in [1.29, 1.82) is 0 Å². The van der Waals surface area contributed by atoms with E-state index in [4.69, 9.17) is 27.9 Å². The van der Waals surface area contributed by atoms with E-state index in [2.05, 4.69) is 16.7 Å². The highest BCUT2D eigenvalue weighted by atomic mass is 35.5. The lowest BCUT2D eigenvalue weighted by atomic mass is 10.1. The van der Waals surface area contributed by atoms with E-state index in [0.29, 0.717) is 10.7 Å². The third-order valence-corrected chi connectivity index (χ3v) is 6.89. The Morgan fingerprint density at radius 3 is 2.31 bits per heavy atom. The summed E-state index contributed by atoms with van der Waals surface area (Å²) in [6.45, 7) is 5.82. The van der Waals surface area contributed by atoms with Gasteiger partial charge in [0.15, 0.2) is 6.61 Å². The Kier molecular flexibility index (Phi) is 7.86. The number of amides is 2. The van der Waals surface area contributed by atoms with Gasteiger partial charge in [0.2, 0.25) is 11.7 Å². The number of likely N-dealkylation sites (N-methyl/N-ethyl adjacent to an activating group) is 1. The summed E-state index contributed by atoms with van der Waals surface area (Å²) < 4.78 is 5.11. The number of piperazine rings is 1. The summed E-state index contributed by atoms with van der Waals surface area (Å²) in [7, 11) is 0. The molecule has 0 spiro atoms. The molecule has 2 aliphatic heterocycles. The number of halogens is 2. The molecule has 8 nitrogen and oxygen atoms in total. The van der Waals surface area contributed by atoms with E-state index in [0.717, 1.165) is 32.7 Å². The molecule has 4 rings (SSSR count). The minimum Gasteiger partial charge on any atom is -0.454 e. The predicted molar refractivity (Wildman–Crippen MR) is 132 cm³/mol. The number of Topliss-reactive ketones (excluding diaryl/α,β-unsaturated/α-hetero) is 1. The fourth-order valence-electron chi connectivity index (χ4n) is 4.32. The Hall–Kier alpha value is -2.78. The molecule has 2 aromatic carbocycles.